The lowest BCUT2D eigenvalue weighted by Gasteiger charge is -2.22. The van der Waals surface area contributed by atoms with Crippen molar-refractivity contribution >= 4 is 39.9 Å². The molecule has 1 heterocycles. The summed E-state index contributed by atoms with van der Waals surface area (Å²) in [5.74, 6) is -0.596. The van der Waals surface area contributed by atoms with Crippen LogP contribution in [0.3, 0.4) is 0 Å². The van der Waals surface area contributed by atoms with Gasteiger partial charge >= 0.3 is 0 Å². The van der Waals surface area contributed by atoms with Gasteiger partial charge in [-0.1, -0.05) is 15.9 Å². The molecule has 0 aliphatic carbocycles. The van der Waals surface area contributed by atoms with Crippen molar-refractivity contribution in [3.63, 3.8) is 0 Å². The van der Waals surface area contributed by atoms with Crippen LogP contribution in [0.15, 0.2) is 22.7 Å². The van der Waals surface area contributed by atoms with E-state index >= 15 is 0 Å². The molecule has 1 atom stereocenters. The highest BCUT2D eigenvalue weighted by Gasteiger charge is 2.21. The number of carbonyl (C=O) groups excluding carboxylic acids is 1. The fraction of sp³-hybridized carbons (Fsp3) is 0.417. The van der Waals surface area contributed by atoms with E-state index in [1.54, 1.807) is 12.1 Å². The molecule has 2 N–H and O–H groups in total. The second-order valence-corrected chi connectivity index (χ2v) is 5.07. The lowest BCUT2D eigenvalue weighted by molar-refractivity contribution is -0.120. The molecule has 100 valence electrons. The van der Waals surface area contributed by atoms with Gasteiger partial charge in [0.1, 0.15) is 5.82 Å². The zero-order valence-electron chi connectivity index (χ0n) is 9.71. The summed E-state index contributed by atoms with van der Waals surface area (Å²) in [5, 5.41) is 5.80. The van der Waals surface area contributed by atoms with Crippen molar-refractivity contribution in [2.75, 3.05) is 18.4 Å². The Labute approximate surface area is 120 Å². The largest absolute Gasteiger partial charge is 0.323 e. The van der Waals surface area contributed by atoms with E-state index in [-0.39, 0.29) is 29.9 Å². The summed E-state index contributed by atoms with van der Waals surface area (Å²) in [6.45, 7) is 1.62. The molecule has 0 radical (unpaired) electrons. The summed E-state index contributed by atoms with van der Waals surface area (Å²) in [6, 6.07) is 4.51. The van der Waals surface area contributed by atoms with E-state index in [9.17, 15) is 9.18 Å². The number of piperidine rings is 1. The van der Waals surface area contributed by atoms with Gasteiger partial charge in [0, 0.05) is 11.0 Å². The molecule has 3 nitrogen and oxygen atoms in total. The normalized spacial score (nSPS) is 18.9. The Hall–Kier alpha value is -0.650. The van der Waals surface area contributed by atoms with Gasteiger partial charge in [0.25, 0.3) is 0 Å². The standard InChI is InChI=1S/C12H14BrFN2O.ClH/c13-9-3-4-10(14)11(6-9)16-12(17)8-2-1-5-15-7-8;/h3-4,6,8,15H,1-2,5,7H2,(H,16,17);1H/t8-;/m1./s1. The SMILES string of the molecule is Cl.O=C(Nc1cc(Br)ccc1F)[C@@H]1CCCNC1. The zero-order valence-corrected chi connectivity index (χ0v) is 12.1. The zero-order chi connectivity index (χ0) is 12.3. The third-order valence-electron chi connectivity index (χ3n) is 2.85. The quantitative estimate of drug-likeness (QED) is 0.871. The van der Waals surface area contributed by atoms with Gasteiger partial charge in [-0.15, -0.1) is 12.4 Å². The van der Waals surface area contributed by atoms with Crippen LogP contribution in [-0.2, 0) is 4.79 Å². The molecule has 1 aliphatic rings. The average Bonchev–Trinajstić information content (AvgIpc) is 2.35. The van der Waals surface area contributed by atoms with E-state index in [0.29, 0.717) is 6.54 Å². The van der Waals surface area contributed by atoms with Gasteiger partial charge in [0.15, 0.2) is 0 Å². The first-order valence-corrected chi connectivity index (χ1v) is 6.43. The Kier molecular flexibility index (Phi) is 6.05. The van der Waals surface area contributed by atoms with Gasteiger partial charge in [-0.3, -0.25) is 4.79 Å². The Morgan fingerprint density at radius 3 is 2.94 bits per heavy atom. The predicted molar refractivity (Wildman–Crippen MR) is 75.6 cm³/mol. The lowest BCUT2D eigenvalue weighted by Crippen LogP contribution is -2.37. The maximum atomic E-state index is 13.4. The first-order chi connectivity index (χ1) is 8.16. The molecule has 1 aromatic carbocycles. The number of anilines is 1. The minimum absolute atomic E-state index is 0. The number of nitrogens with one attached hydrogen (secondary N) is 2. The molecule has 1 fully saturated rings. The van der Waals surface area contributed by atoms with Crippen LogP contribution in [0.1, 0.15) is 12.8 Å². The molecule has 18 heavy (non-hydrogen) atoms. The number of hydrogen-bond acceptors (Lipinski definition) is 2. The number of benzene rings is 1. The first-order valence-electron chi connectivity index (χ1n) is 5.63. The van der Waals surface area contributed by atoms with Gasteiger partial charge in [0.2, 0.25) is 5.91 Å². The number of hydrogen-bond donors (Lipinski definition) is 2. The minimum Gasteiger partial charge on any atom is -0.323 e. The van der Waals surface area contributed by atoms with Crippen LogP contribution in [0, 0.1) is 11.7 Å². The molecule has 0 spiro atoms. The van der Waals surface area contributed by atoms with Crippen LogP contribution in [0.2, 0.25) is 0 Å². The number of amides is 1. The molecular formula is C12H15BrClFN2O. The number of carbonyl (C=O) groups is 1. The molecule has 6 heteroatoms. The number of rotatable bonds is 2. The third kappa shape index (κ3) is 3.93. The van der Waals surface area contributed by atoms with Crippen LogP contribution in [0.4, 0.5) is 10.1 Å². The van der Waals surface area contributed by atoms with Gasteiger partial charge in [0.05, 0.1) is 11.6 Å². The van der Waals surface area contributed by atoms with Gasteiger partial charge in [-0.2, -0.15) is 0 Å². The highest BCUT2D eigenvalue weighted by atomic mass is 79.9. The summed E-state index contributed by atoms with van der Waals surface area (Å²) >= 11 is 3.25. The monoisotopic (exact) mass is 336 g/mol. The summed E-state index contributed by atoms with van der Waals surface area (Å²) in [7, 11) is 0. The molecule has 0 aromatic heterocycles. The summed E-state index contributed by atoms with van der Waals surface area (Å²) in [5.41, 5.74) is 0.231. The maximum Gasteiger partial charge on any atom is 0.228 e. The van der Waals surface area contributed by atoms with Crippen LogP contribution in [0.25, 0.3) is 0 Å². The van der Waals surface area contributed by atoms with Gasteiger partial charge in [-0.05, 0) is 37.6 Å². The smallest absolute Gasteiger partial charge is 0.228 e. The Morgan fingerprint density at radius 2 is 2.28 bits per heavy atom. The van der Waals surface area contributed by atoms with Crippen LogP contribution in [-0.4, -0.2) is 19.0 Å². The van der Waals surface area contributed by atoms with E-state index in [0.717, 1.165) is 23.9 Å². The van der Waals surface area contributed by atoms with E-state index < -0.39 is 5.82 Å². The molecule has 2 rings (SSSR count). The topological polar surface area (TPSA) is 41.1 Å². The Balaban J connectivity index is 0.00000162. The predicted octanol–water partition coefficient (Wildman–Crippen LogP) is 2.95. The van der Waals surface area contributed by atoms with Crippen molar-refractivity contribution < 1.29 is 9.18 Å². The first kappa shape index (κ1) is 15.4. The number of halogens is 3. The van der Waals surface area contributed by atoms with Crippen molar-refractivity contribution in [1.29, 1.82) is 0 Å². The van der Waals surface area contributed by atoms with Crippen LogP contribution < -0.4 is 10.6 Å². The summed E-state index contributed by atoms with van der Waals surface area (Å²) < 4.78 is 14.2. The second kappa shape index (κ2) is 7.07. The van der Waals surface area contributed by atoms with E-state index in [1.807, 2.05) is 0 Å². The van der Waals surface area contributed by atoms with Crippen molar-refractivity contribution in [1.82, 2.24) is 5.32 Å². The Bertz CT molecular complexity index is 425. The molecule has 1 aliphatic heterocycles. The maximum absolute atomic E-state index is 13.4. The highest BCUT2D eigenvalue weighted by molar-refractivity contribution is 9.10. The molecule has 1 aromatic rings. The van der Waals surface area contributed by atoms with Crippen molar-refractivity contribution in [3.8, 4) is 0 Å². The summed E-state index contributed by atoms with van der Waals surface area (Å²) in [6.07, 6.45) is 1.84. The van der Waals surface area contributed by atoms with Crippen LogP contribution in [0.5, 0.6) is 0 Å². The average molecular weight is 338 g/mol. The molecule has 1 saturated heterocycles. The second-order valence-electron chi connectivity index (χ2n) is 4.16. The lowest BCUT2D eigenvalue weighted by atomic mass is 9.99. The molecular weight excluding hydrogens is 323 g/mol. The highest BCUT2D eigenvalue weighted by Crippen LogP contribution is 2.21. The fourth-order valence-corrected chi connectivity index (χ4v) is 2.26. The van der Waals surface area contributed by atoms with Crippen molar-refractivity contribution in [2.45, 2.75) is 12.8 Å². The molecule has 0 unspecified atom stereocenters. The van der Waals surface area contributed by atoms with Crippen molar-refractivity contribution in [2.24, 2.45) is 5.92 Å². The van der Waals surface area contributed by atoms with Gasteiger partial charge in [-0.25, -0.2) is 4.39 Å². The van der Waals surface area contributed by atoms with Crippen LogP contribution >= 0.6 is 28.3 Å². The van der Waals surface area contributed by atoms with Crippen molar-refractivity contribution in [3.05, 3.63) is 28.5 Å². The van der Waals surface area contributed by atoms with E-state index in [1.165, 1.54) is 6.07 Å². The Morgan fingerprint density at radius 1 is 1.50 bits per heavy atom. The van der Waals surface area contributed by atoms with Gasteiger partial charge < -0.3 is 10.6 Å². The molecule has 1 amide bonds. The van der Waals surface area contributed by atoms with E-state index in [4.69, 9.17) is 0 Å². The third-order valence-corrected chi connectivity index (χ3v) is 3.35. The fourth-order valence-electron chi connectivity index (χ4n) is 1.90. The molecule has 0 bridgehead atoms. The van der Waals surface area contributed by atoms with E-state index in [2.05, 4.69) is 26.6 Å². The minimum atomic E-state index is -0.412. The molecule has 0 saturated carbocycles. The summed E-state index contributed by atoms with van der Waals surface area (Å²) in [4.78, 5) is 11.9.